The SMILES string of the molecule is O=c1[nH]c(=O)c2cc3cc4c([N+](=O)[O-])ncnc4cc3cc2[nH]1. The molecule has 0 fully saturated rings. The van der Waals surface area contributed by atoms with Crippen LogP contribution in [0.25, 0.3) is 32.6 Å². The molecule has 9 heteroatoms. The Bertz CT molecular complexity index is 1240. The summed E-state index contributed by atoms with van der Waals surface area (Å²) < 4.78 is 0. The fraction of sp³-hybridized carbons (Fsp3) is 0. The van der Waals surface area contributed by atoms with Gasteiger partial charge >= 0.3 is 11.5 Å². The lowest BCUT2D eigenvalue weighted by Crippen LogP contribution is -2.21. The average Bonchev–Trinajstić information content (AvgIpc) is 2.50. The van der Waals surface area contributed by atoms with Crippen LogP contribution in [0.1, 0.15) is 0 Å². The van der Waals surface area contributed by atoms with Crippen molar-refractivity contribution in [2.45, 2.75) is 0 Å². The first-order valence-electron chi connectivity index (χ1n) is 6.52. The van der Waals surface area contributed by atoms with Crippen LogP contribution in [-0.2, 0) is 0 Å². The molecular weight excluding hydrogens is 302 g/mol. The van der Waals surface area contributed by atoms with Gasteiger partial charge in [0.25, 0.3) is 5.56 Å². The Hall–Kier alpha value is -3.62. The van der Waals surface area contributed by atoms with Crippen LogP contribution in [0, 0.1) is 10.1 Å². The molecule has 4 rings (SSSR count). The molecular formula is C14H7N5O4. The number of fused-ring (bicyclic) bond motifs is 3. The molecule has 0 saturated carbocycles. The van der Waals surface area contributed by atoms with E-state index in [4.69, 9.17) is 0 Å². The van der Waals surface area contributed by atoms with Crippen LogP contribution < -0.4 is 11.2 Å². The number of hydrogen-bond donors (Lipinski definition) is 2. The molecule has 9 nitrogen and oxygen atoms in total. The van der Waals surface area contributed by atoms with Crippen molar-refractivity contribution in [1.82, 2.24) is 19.9 Å². The van der Waals surface area contributed by atoms with Crippen molar-refractivity contribution in [3.8, 4) is 0 Å². The zero-order valence-corrected chi connectivity index (χ0v) is 11.4. The number of nitrogens with one attached hydrogen (secondary N) is 2. The molecule has 0 radical (unpaired) electrons. The van der Waals surface area contributed by atoms with Gasteiger partial charge in [0.05, 0.1) is 21.8 Å². The van der Waals surface area contributed by atoms with E-state index in [9.17, 15) is 19.7 Å². The topological polar surface area (TPSA) is 135 Å². The van der Waals surface area contributed by atoms with Gasteiger partial charge in [-0.15, -0.1) is 0 Å². The molecule has 0 bridgehead atoms. The van der Waals surface area contributed by atoms with Crippen molar-refractivity contribution in [3.63, 3.8) is 0 Å². The summed E-state index contributed by atoms with van der Waals surface area (Å²) in [4.78, 5) is 46.1. The molecule has 2 heterocycles. The van der Waals surface area contributed by atoms with Crippen LogP contribution >= 0.6 is 0 Å². The highest BCUT2D eigenvalue weighted by Crippen LogP contribution is 2.28. The molecule has 0 aliphatic heterocycles. The summed E-state index contributed by atoms with van der Waals surface area (Å²) in [6.45, 7) is 0. The van der Waals surface area contributed by atoms with Crippen molar-refractivity contribution >= 4 is 38.4 Å². The van der Waals surface area contributed by atoms with Gasteiger partial charge < -0.3 is 15.1 Å². The van der Waals surface area contributed by atoms with Crippen LogP contribution in [-0.4, -0.2) is 24.9 Å². The summed E-state index contributed by atoms with van der Waals surface area (Å²) in [6.07, 6.45) is 1.12. The molecule has 0 amide bonds. The van der Waals surface area contributed by atoms with Gasteiger partial charge in [0.2, 0.25) is 6.33 Å². The number of aromatic nitrogens is 4. The van der Waals surface area contributed by atoms with E-state index in [0.717, 1.165) is 6.33 Å². The minimum absolute atomic E-state index is 0.283. The highest BCUT2D eigenvalue weighted by molar-refractivity contribution is 6.04. The lowest BCUT2D eigenvalue weighted by atomic mass is 10.0. The van der Waals surface area contributed by atoms with Gasteiger partial charge in [0, 0.05) is 0 Å². The molecule has 0 saturated heterocycles. The maximum atomic E-state index is 11.9. The van der Waals surface area contributed by atoms with Crippen LogP contribution in [0.5, 0.6) is 0 Å². The van der Waals surface area contributed by atoms with E-state index >= 15 is 0 Å². The van der Waals surface area contributed by atoms with Crippen molar-refractivity contribution in [2.75, 3.05) is 0 Å². The van der Waals surface area contributed by atoms with Crippen molar-refractivity contribution < 1.29 is 4.92 Å². The van der Waals surface area contributed by atoms with Gasteiger partial charge in [-0.1, -0.05) is 0 Å². The maximum absolute atomic E-state index is 11.9. The van der Waals surface area contributed by atoms with Crippen LogP contribution in [0.4, 0.5) is 5.82 Å². The standard InChI is InChI=1S/C14H7N5O4/c20-13-9-2-6-1-8-10(15-5-16-12(8)19(22)23)3-7(6)4-11(9)17-14(21)18-13/h1-5H,(H2,17,18,20,21). The first kappa shape index (κ1) is 13.1. The van der Waals surface area contributed by atoms with Gasteiger partial charge in [0.15, 0.2) is 0 Å². The molecule has 2 aromatic carbocycles. The predicted molar refractivity (Wildman–Crippen MR) is 82.4 cm³/mol. The summed E-state index contributed by atoms with van der Waals surface area (Å²) in [6, 6.07) is 6.41. The molecule has 0 unspecified atom stereocenters. The number of nitro groups is 1. The number of benzene rings is 2. The average molecular weight is 309 g/mol. The lowest BCUT2D eigenvalue weighted by Gasteiger charge is -2.04. The molecule has 4 aromatic rings. The highest BCUT2D eigenvalue weighted by atomic mass is 16.6. The van der Waals surface area contributed by atoms with Crippen molar-refractivity contribution in [2.24, 2.45) is 0 Å². The van der Waals surface area contributed by atoms with E-state index in [1.54, 1.807) is 24.3 Å². The number of hydrogen-bond acceptors (Lipinski definition) is 6. The summed E-state index contributed by atoms with van der Waals surface area (Å²) in [5.41, 5.74) is -0.329. The number of aromatic amines is 2. The van der Waals surface area contributed by atoms with Crippen LogP contribution in [0.15, 0.2) is 40.2 Å². The van der Waals surface area contributed by atoms with Gasteiger partial charge in [-0.05, 0) is 44.9 Å². The van der Waals surface area contributed by atoms with Crippen LogP contribution in [0.2, 0.25) is 0 Å². The minimum atomic E-state index is -0.597. The molecule has 2 N–H and O–H groups in total. The first-order chi connectivity index (χ1) is 11.0. The van der Waals surface area contributed by atoms with Gasteiger partial charge in [-0.2, -0.15) is 0 Å². The Balaban J connectivity index is 2.19. The first-order valence-corrected chi connectivity index (χ1v) is 6.52. The monoisotopic (exact) mass is 309 g/mol. The molecule has 0 aliphatic rings. The highest BCUT2D eigenvalue weighted by Gasteiger charge is 2.15. The Labute approximate surface area is 125 Å². The van der Waals surface area contributed by atoms with E-state index in [1.165, 1.54) is 0 Å². The Kier molecular flexibility index (Phi) is 2.52. The maximum Gasteiger partial charge on any atom is 0.374 e. The van der Waals surface area contributed by atoms with E-state index in [-0.39, 0.29) is 16.6 Å². The van der Waals surface area contributed by atoms with Gasteiger partial charge in [-0.25, -0.2) is 9.78 Å². The largest absolute Gasteiger partial charge is 0.374 e. The Morgan fingerprint density at radius 1 is 0.957 bits per heavy atom. The Morgan fingerprint density at radius 3 is 2.48 bits per heavy atom. The van der Waals surface area contributed by atoms with E-state index in [2.05, 4.69) is 19.9 Å². The summed E-state index contributed by atoms with van der Waals surface area (Å²) >= 11 is 0. The van der Waals surface area contributed by atoms with Gasteiger partial charge in [0.1, 0.15) is 0 Å². The summed E-state index contributed by atoms with van der Waals surface area (Å²) in [5.74, 6) is -0.299. The predicted octanol–water partition coefficient (Wildman–Crippen LogP) is 1.22. The third kappa shape index (κ3) is 1.94. The molecule has 0 aliphatic carbocycles. The Morgan fingerprint density at radius 2 is 1.70 bits per heavy atom. The van der Waals surface area contributed by atoms with E-state index < -0.39 is 16.2 Å². The van der Waals surface area contributed by atoms with Gasteiger partial charge in [-0.3, -0.25) is 9.78 Å². The van der Waals surface area contributed by atoms with E-state index in [1.807, 2.05) is 0 Å². The normalized spacial score (nSPS) is 11.3. The second kappa shape index (κ2) is 4.44. The second-order valence-corrected chi connectivity index (χ2v) is 4.98. The zero-order chi connectivity index (χ0) is 16.1. The van der Waals surface area contributed by atoms with E-state index in [0.29, 0.717) is 21.8 Å². The third-order valence-electron chi connectivity index (χ3n) is 3.60. The molecule has 23 heavy (non-hydrogen) atoms. The molecule has 112 valence electrons. The molecule has 0 spiro atoms. The molecule has 2 aromatic heterocycles. The second-order valence-electron chi connectivity index (χ2n) is 4.98. The third-order valence-corrected chi connectivity index (χ3v) is 3.60. The van der Waals surface area contributed by atoms with Crippen molar-refractivity contribution in [1.29, 1.82) is 0 Å². The fourth-order valence-corrected chi connectivity index (χ4v) is 2.60. The summed E-state index contributed by atoms with van der Waals surface area (Å²) in [5, 5.41) is 13.0. The zero-order valence-electron chi connectivity index (χ0n) is 11.4. The van der Waals surface area contributed by atoms with Crippen LogP contribution in [0.3, 0.4) is 0 Å². The molecule has 0 atom stereocenters. The number of nitrogens with zero attached hydrogens (tertiary/aromatic N) is 3. The lowest BCUT2D eigenvalue weighted by molar-refractivity contribution is -0.387. The minimum Gasteiger partial charge on any atom is -0.358 e. The smallest absolute Gasteiger partial charge is 0.358 e. The summed E-state index contributed by atoms with van der Waals surface area (Å²) in [7, 11) is 0. The van der Waals surface area contributed by atoms with Crippen molar-refractivity contribution in [3.05, 3.63) is 61.5 Å². The quantitative estimate of drug-likeness (QED) is 0.308. The number of rotatable bonds is 1. The number of H-pyrrole nitrogens is 2. The fourth-order valence-electron chi connectivity index (χ4n) is 2.60.